The van der Waals surface area contributed by atoms with Crippen molar-refractivity contribution < 1.29 is 4.79 Å². The Morgan fingerprint density at radius 3 is 2.08 bits per heavy atom. The molecule has 2 aromatic rings. The molecule has 0 heterocycles. The van der Waals surface area contributed by atoms with Gasteiger partial charge in [0.1, 0.15) is 0 Å². The van der Waals surface area contributed by atoms with Crippen LogP contribution in [-0.2, 0) is 5.41 Å². The molecule has 1 amide bonds. The normalized spacial score (nSPS) is 12.9. The number of carbonyl (C=O) groups is 1. The van der Waals surface area contributed by atoms with Gasteiger partial charge in [-0.3, -0.25) is 4.79 Å². The maximum atomic E-state index is 12.4. The van der Waals surface area contributed by atoms with Gasteiger partial charge in [0.05, 0.1) is 6.04 Å². The zero-order chi connectivity index (χ0) is 17.7. The number of amides is 1. The molecule has 24 heavy (non-hydrogen) atoms. The molecule has 128 valence electrons. The summed E-state index contributed by atoms with van der Waals surface area (Å²) in [4.78, 5) is 14.6. The van der Waals surface area contributed by atoms with Gasteiger partial charge in [0.15, 0.2) is 0 Å². The number of hydrogen-bond donors (Lipinski definition) is 1. The van der Waals surface area contributed by atoms with Gasteiger partial charge in [0, 0.05) is 12.1 Å². The van der Waals surface area contributed by atoms with E-state index in [0.29, 0.717) is 12.1 Å². The van der Waals surface area contributed by atoms with Gasteiger partial charge in [0.25, 0.3) is 5.91 Å². The van der Waals surface area contributed by atoms with E-state index in [-0.39, 0.29) is 17.4 Å². The van der Waals surface area contributed by atoms with Crippen LogP contribution in [-0.4, -0.2) is 31.4 Å². The molecule has 0 fully saturated rings. The van der Waals surface area contributed by atoms with E-state index in [2.05, 4.69) is 43.1 Å². The summed E-state index contributed by atoms with van der Waals surface area (Å²) in [6.07, 6.45) is 0. The van der Waals surface area contributed by atoms with Crippen LogP contribution in [0.4, 0.5) is 0 Å². The van der Waals surface area contributed by atoms with Crippen molar-refractivity contribution in [2.45, 2.75) is 32.2 Å². The second-order valence-corrected chi connectivity index (χ2v) is 7.43. The molecule has 0 aromatic heterocycles. The largest absolute Gasteiger partial charge is 0.350 e. The quantitative estimate of drug-likeness (QED) is 0.901. The first-order valence-corrected chi connectivity index (χ1v) is 8.39. The van der Waals surface area contributed by atoms with E-state index in [0.717, 1.165) is 0 Å². The summed E-state index contributed by atoms with van der Waals surface area (Å²) in [6.45, 7) is 7.09. The van der Waals surface area contributed by atoms with Gasteiger partial charge in [-0.1, -0.05) is 63.2 Å². The lowest BCUT2D eigenvalue weighted by molar-refractivity contribution is 0.0942. The van der Waals surface area contributed by atoms with Gasteiger partial charge in [0.2, 0.25) is 0 Å². The molecule has 3 nitrogen and oxygen atoms in total. The number of hydrogen-bond acceptors (Lipinski definition) is 2. The monoisotopic (exact) mass is 324 g/mol. The average molecular weight is 324 g/mol. The maximum absolute atomic E-state index is 12.4. The molecule has 0 aliphatic heterocycles. The molecule has 0 radical (unpaired) electrons. The first-order chi connectivity index (χ1) is 11.3. The average Bonchev–Trinajstić information content (AvgIpc) is 2.55. The minimum absolute atomic E-state index is 0.0294. The van der Waals surface area contributed by atoms with Crippen LogP contribution < -0.4 is 5.32 Å². The van der Waals surface area contributed by atoms with E-state index in [1.165, 1.54) is 11.1 Å². The van der Waals surface area contributed by atoms with Crippen LogP contribution in [0.2, 0.25) is 0 Å². The Morgan fingerprint density at radius 2 is 1.58 bits per heavy atom. The molecule has 2 rings (SSSR count). The maximum Gasteiger partial charge on any atom is 0.251 e. The topological polar surface area (TPSA) is 32.3 Å². The Morgan fingerprint density at radius 1 is 1.00 bits per heavy atom. The molecule has 0 saturated carbocycles. The van der Waals surface area contributed by atoms with Gasteiger partial charge in [-0.15, -0.1) is 0 Å². The highest BCUT2D eigenvalue weighted by Crippen LogP contribution is 2.22. The van der Waals surface area contributed by atoms with Gasteiger partial charge in [-0.05, 0) is 42.8 Å². The fourth-order valence-corrected chi connectivity index (χ4v) is 2.69. The fraction of sp³-hybridized carbons (Fsp3) is 0.381. The van der Waals surface area contributed by atoms with E-state index in [4.69, 9.17) is 0 Å². The standard InChI is InChI=1S/C21H28N2O/c1-21(2,3)18-13-11-17(12-14-18)20(24)22-15-19(23(4)5)16-9-7-6-8-10-16/h6-14,19H,15H2,1-5H3,(H,22,24). The first-order valence-electron chi connectivity index (χ1n) is 8.39. The van der Waals surface area contributed by atoms with Crippen LogP contribution in [0.5, 0.6) is 0 Å². The van der Waals surface area contributed by atoms with Crippen molar-refractivity contribution in [3.8, 4) is 0 Å². The summed E-state index contributed by atoms with van der Waals surface area (Å²) in [5.41, 5.74) is 3.23. The molecule has 0 spiro atoms. The molecule has 2 aromatic carbocycles. The highest BCUT2D eigenvalue weighted by molar-refractivity contribution is 5.94. The summed E-state index contributed by atoms with van der Waals surface area (Å²) >= 11 is 0. The minimum atomic E-state index is -0.0294. The van der Waals surface area contributed by atoms with Crippen molar-refractivity contribution in [3.05, 3.63) is 71.3 Å². The molecule has 1 unspecified atom stereocenters. The molecule has 1 N–H and O–H groups in total. The van der Waals surface area contributed by atoms with Gasteiger partial charge >= 0.3 is 0 Å². The van der Waals surface area contributed by atoms with Crippen molar-refractivity contribution in [3.63, 3.8) is 0 Å². The lowest BCUT2D eigenvalue weighted by Gasteiger charge is -2.25. The van der Waals surface area contributed by atoms with Crippen LogP contribution in [0, 0.1) is 0 Å². The van der Waals surface area contributed by atoms with E-state index in [1.54, 1.807) is 0 Å². The molecule has 0 aliphatic rings. The Hall–Kier alpha value is -2.13. The summed E-state index contributed by atoms with van der Waals surface area (Å²) in [6, 6.07) is 18.3. The molecular formula is C21H28N2O. The Bertz CT molecular complexity index is 654. The van der Waals surface area contributed by atoms with Crippen molar-refractivity contribution in [1.82, 2.24) is 10.2 Å². The van der Waals surface area contributed by atoms with Crippen LogP contribution >= 0.6 is 0 Å². The fourth-order valence-electron chi connectivity index (χ4n) is 2.69. The number of likely N-dealkylation sites (N-methyl/N-ethyl adjacent to an activating group) is 1. The van der Waals surface area contributed by atoms with Crippen molar-refractivity contribution in [2.24, 2.45) is 0 Å². The van der Waals surface area contributed by atoms with E-state index < -0.39 is 0 Å². The van der Waals surface area contributed by atoms with Gasteiger partial charge in [-0.25, -0.2) is 0 Å². The lowest BCUT2D eigenvalue weighted by Crippen LogP contribution is -2.34. The second kappa shape index (κ2) is 7.63. The highest BCUT2D eigenvalue weighted by atomic mass is 16.1. The third-order valence-corrected chi connectivity index (χ3v) is 4.28. The molecule has 3 heteroatoms. The third-order valence-electron chi connectivity index (χ3n) is 4.28. The molecule has 0 saturated heterocycles. The van der Waals surface area contributed by atoms with Crippen molar-refractivity contribution >= 4 is 5.91 Å². The van der Waals surface area contributed by atoms with Crippen LogP contribution in [0.3, 0.4) is 0 Å². The van der Waals surface area contributed by atoms with Crippen molar-refractivity contribution in [2.75, 3.05) is 20.6 Å². The first kappa shape index (κ1) is 18.2. The van der Waals surface area contributed by atoms with Gasteiger partial charge in [-0.2, -0.15) is 0 Å². The molecule has 0 aliphatic carbocycles. The van der Waals surface area contributed by atoms with Crippen LogP contribution in [0.25, 0.3) is 0 Å². The second-order valence-electron chi connectivity index (χ2n) is 7.43. The predicted octanol–water partition coefficient (Wildman–Crippen LogP) is 4.02. The van der Waals surface area contributed by atoms with Crippen molar-refractivity contribution in [1.29, 1.82) is 0 Å². The third kappa shape index (κ3) is 4.68. The lowest BCUT2D eigenvalue weighted by atomic mass is 9.87. The minimum Gasteiger partial charge on any atom is -0.350 e. The van der Waals surface area contributed by atoms with Crippen LogP contribution in [0.1, 0.15) is 48.3 Å². The summed E-state index contributed by atoms with van der Waals surface area (Å²) in [5, 5.41) is 3.06. The Kier molecular flexibility index (Phi) is 5.79. The van der Waals surface area contributed by atoms with Crippen LogP contribution in [0.15, 0.2) is 54.6 Å². The molecule has 0 bridgehead atoms. The number of carbonyl (C=O) groups excluding carboxylic acids is 1. The van der Waals surface area contributed by atoms with E-state index in [1.807, 2.05) is 56.6 Å². The summed E-state index contributed by atoms with van der Waals surface area (Å²) in [7, 11) is 4.06. The summed E-state index contributed by atoms with van der Waals surface area (Å²) in [5.74, 6) is -0.0294. The number of nitrogens with zero attached hydrogens (tertiary/aromatic N) is 1. The van der Waals surface area contributed by atoms with E-state index in [9.17, 15) is 4.79 Å². The molecular weight excluding hydrogens is 296 g/mol. The number of benzene rings is 2. The Balaban J connectivity index is 2.03. The smallest absolute Gasteiger partial charge is 0.251 e. The predicted molar refractivity (Wildman–Crippen MR) is 100 cm³/mol. The zero-order valence-corrected chi connectivity index (χ0v) is 15.3. The molecule has 1 atom stereocenters. The highest BCUT2D eigenvalue weighted by Gasteiger charge is 2.17. The Labute approximate surface area is 145 Å². The zero-order valence-electron chi connectivity index (χ0n) is 15.3. The number of rotatable bonds is 5. The SMILES string of the molecule is CN(C)C(CNC(=O)c1ccc(C(C)(C)C)cc1)c1ccccc1. The van der Waals surface area contributed by atoms with Gasteiger partial charge < -0.3 is 10.2 Å². The summed E-state index contributed by atoms with van der Waals surface area (Å²) < 4.78 is 0. The number of nitrogens with one attached hydrogen (secondary N) is 1. The van der Waals surface area contributed by atoms with E-state index >= 15 is 0 Å².